The van der Waals surface area contributed by atoms with E-state index in [-0.39, 0.29) is 35.1 Å². The monoisotopic (exact) mass is 507 g/mol. The fraction of sp³-hybridized carbons (Fsp3) is 0.538. The van der Waals surface area contributed by atoms with Crippen molar-refractivity contribution in [1.82, 2.24) is 0 Å². The zero-order valence-corrected chi connectivity index (χ0v) is 22.0. The molecule has 0 spiro atoms. The largest absolute Gasteiger partial charge is 0.416 e. The minimum absolute atomic E-state index is 0.129. The quantitative estimate of drug-likeness (QED) is 0.308. The molecule has 0 heterocycles. The number of nitrogens with one attached hydrogen (secondary N) is 1. The van der Waals surface area contributed by atoms with Gasteiger partial charge >= 0.3 is 12.4 Å². The van der Waals surface area contributed by atoms with Crippen LogP contribution in [0.2, 0.25) is 0 Å². The number of rotatable bonds is 6. The standard InChI is InChI=1S/C24H29F6NS.C2H6/c1-12(2)16-8-18(13(3)4)22(19(9-16)14(5)6)32-31-21-11-17(23(25,26)27)10-20(15(21)7)24(28,29)30;1-2/h8-14,31H,1-7H3;1-2H3. The summed E-state index contributed by atoms with van der Waals surface area (Å²) in [6.07, 6.45) is -9.78. The number of alkyl halides is 6. The normalized spacial score (nSPS) is 12.3. The summed E-state index contributed by atoms with van der Waals surface area (Å²) in [4.78, 5) is 0.838. The summed E-state index contributed by atoms with van der Waals surface area (Å²) in [6, 6.07) is 5.06. The highest BCUT2D eigenvalue weighted by Crippen LogP contribution is 2.43. The Labute approximate surface area is 203 Å². The van der Waals surface area contributed by atoms with Gasteiger partial charge in [0.2, 0.25) is 0 Å². The van der Waals surface area contributed by atoms with Gasteiger partial charge in [0.1, 0.15) is 0 Å². The average Bonchev–Trinajstić information content (AvgIpc) is 2.71. The van der Waals surface area contributed by atoms with Crippen LogP contribution in [0.1, 0.15) is 107 Å². The highest BCUT2D eigenvalue weighted by molar-refractivity contribution is 8.00. The summed E-state index contributed by atoms with van der Waals surface area (Å²) < 4.78 is 82.9. The molecule has 0 saturated heterocycles. The number of halogens is 6. The first-order valence-electron chi connectivity index (χ1n) is 11.4. The van der Waals surface area contributed by atoms with Crippen LogP contribution in [0, 0.1) is 6.92 Å². The van der Waals surface area contributed by atoms with Gasteiger partial charge in [-0.05, 0) is 71.0 Å². The van der Waals surface area contributed by atoms with Crippen molar-refractivity contribution in [2.24, 2.45) is 0 Å². The lowest BCUT2D eigenvalue weighted by molar-refractivity contribution is -0.143. The van der Waals surface area contributed by atoms with Crippen LogP contribution in [0.4, 0.5) is 32.0 Å². The van der Waals surface area contributed by atoms with Gasteiger partial charge in [0.25, 0.3) is 0 Å². The number of benzene rings is 2. The maximum absolute atomic E-state index is 13.4. The van der Waals surface area contributed by atoms with E-state index in [9.17, 15) is 26.3 Å². The third-order valence-electron chi connectivity index (χ3n) is 5.38. The first kappa shape index (κ1) is 30.2. The molecule has 0 aliphatic carbocycles. The van der Waals surface area contributed by atoms with Gasteiger partial charge in [0.05, 0.1) is 11.1 Å². The molecule has 0 aromatic heterocycles. The Kier molecular flexibility index (Phi) is 10.4. The summed E-state index contributed by atoms with van der Waals surface area (Å²) in [7, 11) is 0. The van der Waals surface area contributed by atoms with Crippen LogP contribution in [-0.4, -0.2) is 0 Å². The lowest BCUT2D eigenvalue weighted by Crippen LogP contribution is -2.14. The number of anilines is 1. The van der Waals surface area contributed by atoms with Crippen LogP contribution in [0.5, 0.6) is 0 Å². The lowest BCUT2D eigenvalue weighted by atomic mass is 9.89. The first-order valence-corrected chi connectivity index (χ1v) is 12.2. The smallest absolute Gasteiger partial charge is 0.325 e. The van der Waals surface area contributed by atoms with Crippen LogP contribution in [0.3, 0.4) is 0 Å². The summed E-state index contributed by atoms with van der Waals surface area (Å²) in [5, 5.41) is 0. The number of hydrogen-bond donors (Lipinski definition) is 1. The second-order valence-corrected chi connectivity index (χ2v) is 9.71. The molecule has 0 bridgehead atoms. The third kappa shape index (κ3) is 7.33. The molecule has 8 heteroatoms. The van der Waals surface area contributed by atoms with E-state index in [1.165, 1.54) is 6.92 Å². The van der Waals surface area contributed by atoms with Crippen molar-refractivity contribution >= 4 is 17.6 Å². The Morgan fingerprint density at radius 3 is 1.53 bits per heavy atom. The SMILES string of the molecule is CC.Cc1c(NSc2c(C(C)C)cc(C(C)C)cc2C(C)C)cc(C(F)(F)F)cc1C(F)(F)F. The van der Waals surface area contributed by atoms with E-state index in [2.05, 4.69) is 30.7 Å². The first-order chi connectivity index (χ1) is 15.5. The van der Waals surface area contributed by atoms with E-state index in [0.29, 0.717) is 0 Å². The molecule has 0 radical (unpaired) electrons. The van der Waals surface area contributed by atoms with Gasteiger partial charge in [-0.2, -0.15) is 26.3 Å². The average molecular weight is 508 g/mol. The van der Waals surface area contributed by atoms with E-state index >= 15 is 0 Å². The second-order valence-electron chi connectivity index (χ2n) is 8.89. The summed E-state index contributed by atoms with van der Waals surface area (Å²) >= 11 is 1.07. The molecule has 2 aromatic carbocycles. The zero-order chi connectivity index (χ0) is 26.6. The molecule has 34 heavy (non-hydrogen) atoms. The van der Waals surface area contributed by atoms with Crippen molar-refractivity contribution in [3.8, 4) is 0 Å². The zero-order valence-electron chi connectivity index (χ0n) is 21.2. The van der Waals surface area contributed by atoms with Crippen molar-refractivity contribution in [3.05, 3.63) is 57.6 Å². The van der Waals surface area contributed by atoms with Gasteiger partial charge in [-0.1, -0.05) is 67.5 Å². The molecule has 0 aliphatic heterocycles. The van der Waals surface area contributed by atoms with Crippen molar-refractivity contribution in [3.63, 3.8) is 0 Å². The minimum atomic E-state index is -4.89. The fourth-order valence-corrected chi connectivity index (χ4v) is 4.64. The van der Waals surface area contributed by atoms with E-state index < -0.39 is 23.5 Å². The molecular weight excluding hydrogens is 472 g/mol. The molecular formula is C26H35F6NS. The molecule has 0 saturated carbocycles. The highest BCUT2D eigenvalue weighted by Gasteiger charge is 2.38. The van der Waals surface area contributed by atoms with Crippen molar-refractivity contribution < 1.29 is 26.3 Å². The van der Waals surface area contributed by atoms with Crippen LogP contribution in [-0.2, 0) is 12.4 Å². The Balaban J connectivity index is 0.00000281. The van der Waals surface area contributed by atoms with E-state index in [0.717, 1.165) is 39.6 Å². The topological polar surface area (TPSA) is 12.0 Å². The van der Waals surface area contributed by atoms with Crippen molar-refractivity contribution in [2.45, 2.75) is 97.3 Å². The Bertz CT molecular complexity index is 930. The molecule has 1 nitrogen and oxygen atoms in total. The molecule has 0 unspecified atom stereocenters. The maximum Gasteiger partial charge on any atom is 0.416 e. The Morgan fingerprint density at radius 1 is 0.706 bits per heavy atom. The van der Waals surface area contributed by atoms with Gasteiger partial charge in [0, 0.05) is 10.6 Å². The molecule has 0 fully saturated rings. The van der Waals surface area contributed by atoms with Crippen molar-refractivity contribution in [2.75, 3.05) is 4.72 Å². The molecule has 2 rings (SSSR count). The van der Waals surface area contributed by atoms with E-state index in [1.54, 1.807) is 0 Å². The van der Waals surface area contributed by atoms with Crippen LogP contribution in [0.15, 0.2) is 29.2 Å². The molecule has 0 atom stereocenters. The lowest BCUT2D eigenvalue weighted by Gasteiger charge is -2.23. The highest BCUT2D eigenvalue weighted by atomic mass is 32.2. The van der Waals surface area contributed by atoms with Crippen LogP contribution < -0.4 is 4.72 Å². The predicted octanol–water partition coefficient (Wildman–Crippen LogP) is 10.5. The summed E-state index contributed by atoms with van der Waals surface area (Å²) in [5.41, 5.74) is 0.0802. The minimum Gasteiger partial charge on any atom is -0.325 e. The van der Waals surface area contributed by atoms with Crippen molar-refractivity contribution in [1.29, 1.82) is 0 Å². The summed E-state index contributed by atoms with van der Waals surface area (Å²) in [6.45, 7) is 17.4. The predicted molar refractivity (Wildman–Crippen MR) is 131 cm³/mol. The number of hydrogen-bond acceptors (Lipinski definition) is 2. The molecule has 0 amide bonds. The maximum atomic E-state index is 13.4. The van der Waals surface area contributed by atoms with E-state index in [1.807, 2.05) is 41.5 Å². The Hall–Kier alpha value is -1.83. The molecule has 1 N–H and O–H groups in total. The molecule has 192 valence electrons. The molecule has 0 aliphatic rings. The van der Waals surface area contributed by atoms with Gasteiger partial charge in [-0.25, -0.2) is 0 Å². The van der Waals surface area contributed by atoms with E-state index in [4.69, 9.17) is 0 Å². The second kappa shape index (κ2) is 11.7. The fourth-order valence-electron chi connectivity index (χ4n) is 3.39. The summed E-state index contributed by atoms with van der Waals surface area (Å²) in [5.74, 6) is 0.546. The van der Waals surface area contributed by atoms with Crippen LogP contribution >= 0.6 is 11.9 Å². The van der Waals surface area contributed by atoms with Gasteiger partial charge in [-0.3, -0.25) is 0 Å². The van der Waals surface area contributed by atoms with Gasteiger partial charge < -0.3 is 4.72 Å². The third-order valence-corrected chi connectivity index (χ3v) is 6.38. The molecule has 2 aromatic rings. The van der Waals surface area contributed by atoms with Gasteiger partial charge in [0.15, 0.2) is 0 Å². The Morgan fingerprint density at radius 2 is 1.18 bits per heavy atom. The van der Waals surface area contributed by atoms with Crippen LogP contribution in [0.25, 0.3) is 0 Å². The van der Waals surface area contributed by atoms with Gasteiger partial charge in [-0.15, -0.1) is 0 Å².